The highest BCUT2D eigenvalue weighted by Crippen LogP contribution is 2.32. The van der Waals surface area contributed by atoms with Gasteiger partial charge >= 0.3 is 6.18 Å². The van der Waals surface area contributed by atoms with E-state index in [1.165, 1.54) is 49.5 Å². The predicted octanol–water partition coefficient (Wildman–Crippen LogP) is 4.69. The number of nitrogens with zero attached hydrogens (tertiary/aromatic N) is 1. The number of halogens is 3. The Morgan fingerprint density at radius 3 is 2.43 bits per heavy atom. The maximum Gasteiger partial charge on any atom is 0.416 e. The fourth-order valence-corrected chi connectivity index (χ4v) is 2.55. The van der Waals surface area contributed by atoms with E-state index in [4.69, 9.17) is 4.42 Å². The van der Waals surface area contributed by atoms with Crippen LogP contribution in [0.15, 0.2) is 70.2 Å². The van der Waals surface area contributed by atoms with Crippen molar-refractivity contribution in [3.8, 4) is 11.3 Å². The zero-order chi connectivity index (χ0) is 21.7. The summed E-state index contributed by atoms with van der Waals surface area (Å²) < 4.78 is 44.0. The molecule has 154 valence electrons. The third-order valence-corrected chi connectivity index (χ3v) is 3.93. The lowest BCUT2D eigenvalue weighted by molar-refractivity contribution is -0.137. The van der Waals surface area contributed by atoms with Crippen LogP contribution in [0.3, 0.4) is 0 Å². The molecular weight excluding hydrogens is 399 g/mol. The number of carbonyl (C=O) groups is 2. The number of alkyl halides is 3. The third-order valence-electron chi connectivity index (χ3n) is 3.93. The number of amides is 2. The van der Waals surface area contributed by atoms with Crippen LogP contribution < -0.4 is 10.7 Å². The second kappa shape index (κ2) is 8.64. The molecule has 0 bridgehead atoms. The Bertz CT molecular complexity index is 1090. The molecule has 2 aromatic carbocycles. The Labute approximate surface area is 169 Å². The van der Waals surface area contributed by atoms with Crippen molar-refractivity contribution in [2.24, 2.45) is 5.10 Å². The second-order valence-electron chi connectivity index (χ2n) is 6.24. The SMILES string of the molecule is CC(=O)Nc1ccc(C(=O)NN=Cc2ccc(-c3cccc(C(F)(F)F)c3)o2)cc1. The van der Waals surface area contributed by atoms with Crippen LogP contribution in [0.5, 0.6) is 0 Å². The molecule has 2 N–H and O–H groups in total. The molecule has 0 saturated carbocycles. The van der Waals surface area contributed by atoms with E-state index in [0.29, 0.717) is 11.3 Å². The van der Waals surface area contributed by atoms with Crippen molar-refractivity contribution in [2.75, 3.05) is 5.32 Å². The maximum atomic E-state index is 12.8. The molecule has 0 atom stereocenters. The summed E-state index contributed by atoms with van der Waals surface area (Å²) in [6.45, 7) is 1.38. The lowest BCUT2D eigenvalue weighted by Crippen LogP contribution is -2.17. The number of hydrazone groups is 1. The van der Waals surface area contributed by atoms with Crippen molar-refractivity contribution < 1.29 is 27.2 Å². The Morgan fingerprint density at radius 1 is 1.03 bits per heavy atom. The topological polar surface area (TPSA) is 83.7 Å². The summed E-state index contributed by atoms with van der Waals surface area (Å²) in [4.78, 5) is 23.1. The lowest BCUT2D eigenvalue weighted by atomic mass is 10.1. The van der Waals surface area contributed by atoms with E-state index in [1.54, 1.807) is 12.1 Å². The van der Waals surface area contributed by atoms with Crippen molar-refractivity contribution >= 4 is 23.7 Å². The van der Waals surface area contributed by atoms with E-state index in [1.807, 2.05) is 0 Å². The Morgan fingerprint density at radius 2 is 1.77 bits per heavy atom. The van der Waals surface area contributed by atoms with Gasteiger partial charge in [-0.05, 0) is 48.5 Å². The van der Waals surface area contributed by atoms with Gasteiger partial charge < -0.3 is 9.73 Å². The number of benzene rings is 2. The summed E-state index contributed by atoms with van der Waals surface area (Å²) in [7, 11) is 0. The first-order chi connectivity index (χ1) is 14.2. The first-order valence-corrected chi connectivity index (χ1v) is 8.71. The molecule has 1 heterocycles. The van der Waals surface area contributed by atoms with Crippen molar-refractivity contribution in [3.63, 3.8) is 0 Å². The van der Waals surface area contributed by atoms with Gasteiger partial charge in [0.2, 0.25) is 5.91 Å². The number of hydrogen-bond acceptors (Lipinski definition) is 4. The first-order valence-electron chi connectivity index (χ1n) is 8.71. The molecule has 0 radical (unpaired) electrons. The summed E-state index contributed by atoms with van der Waals surface area (Å²) in [6, 6.07) is 14.0. The molecule has 6 nitrogen and oxygen atoms in total. The van der Waals surface area contributed by atoms with Crippen LogP contribution in [0.25, 0.3) is 11.3 Å². The minimum atomic E-state index is -4.45. The standard InChI is InChI=1S/C21H16F3N3O3/c1-13(28)26-17-7-5-14(6-8-17)20(29)27-25-12-18-9-10-19(30-18)15-3-2-4-16(11-15)21(22,23)24/h2-12H,1H3,(H,26,28)(H,27,29). The molecule has 9 heteroatoms. The van der Waals surface area contributed by atoms with Gasteiger partial charge in [0, 0.05) is 23.7 Å². The third kappa shape index (κ3) is 5.34. The number of rotatable bonds is 5. The number of hydrogen-bond donors (Lipinski definition) is 2. The van der Waals surface area contributed by atoms with E-state index in [-0.39, 0.29) is 23.0 Å². The van der Waals surface area contributed by atoms with E-state index < -0.39 is 17.6 Å². The van der Waals surface area contributed by atoms with Crippen LogP contribution in [0.4, 0.5) is 18.9 Å². The Hall–Kier alpha value is -3.88. The molecule has 0 aliphatic carbocycles. The highest BCUT2D eigenvalue weighted by atomic mass is 19.4. The van der Waals surface area contributed by atoms with Gasteiger partial charge in [-0.15, -0.1) is 0 Å². The molecule has 3 rings (SSSR count). The van der Waals surface area contributed by atoms with Crippen LogP contribution in [0.1, 0.15) is 28.6 Å². The minimum absolute atomic E-state index is 0.222. The van der Waals surface area contributed by atoms with Crippen LogP contribution in [-0.2, 0) is 11.0 Å². The average molecular weight is 415 g/mol. The zero-order valence-electron chi connectivity index (χ0n) is 15.7. The predicted molar refractivity (Wildman–Crippen MR) is 105 cm³/mol. The van der Waals surface area contributed by atoms with Gasteiger partial charge in [0.1, 0.15) is 11.5 Å². The summed E-state index contributed by atoms with van der Waals surface area (Å²) in [6.07, 6.45) is -3.21. The lowest BCUT2D eigenvalue weighted by Gasteiger charge is -2.07. The number of anilines is 1. The second-order valence-corrected chi connectivity index (χ2v) is 6.24. The van der Waals surface area contributed by atoms with Crippen molar-refractivity contribution in [2.45, 2.75) is 13.1 Å². The van der Waals surface area contributed by atoms with Crippen LogP contribution in [-0.4, -0.2) is 18.0 Å². The molecule has 3 aromatic rings. The van der Waals surface area contributed by atoms with Gasteiger partial charge in [-0.25, -0.2) is 5.43 Å². The highest BCUT2D eigenvalue weighted by Gasteiger charge is 2.30. The number of furan rings is 1. The van der Waals surface area contributed by atoms with Gasteiger partial charge in [-0.2, -0.15) is 18.3 Å². The Kier molecular flexibility index (Phi) is 6.01. The molecule has 0 saturated heterocycles. The fourth-order valence-electron chi connectivity index (χ4n) is 2.55. The molecule has 0 spiro atoms. The van der Waals surface area contributed by atoms with Gasteiger partial charge in [0.15, 0.2) is 0 Å². The highest BCUT2D eigenvalue weighted by molar-refractivity contribution is 5.96. The summed E-state index contributed by atoms with van der Waals surface area (Å²) in [5.74, 6) is -0.212. The average Bonchev–Trinajstić information content (AvgIpc) is 3.16. The zero-order valence-corrected chi connectivity index (χ0v) is 15.7. The van der Waals surface area contributed by atoms with Gasteiger partial charge in [0.25, 0.3) is 5.91 Å². The van der Waals surface area contributed by atoms with Gasteiger partial charge in [-0.1, -0.05) is 12.1 Å². The van der Waals surface area contributed by atoms with E-state index in [2.05, 4.69) is 15.8 Å². The smallest absolute Gasteiger partial charge is 0.416 e. The summed E-state index contributed by atoms with van der Waals surface area (Å²) in [5, 5.41) is 6.37. The van der Waals surface area contributed by atoms with Crippen LogP contribution in [0.2, 0.25) is 0 Å². The Balaban J connectivity index is 1.63. The molecule has 30 heavy (non-hydrogen) atoms. The van der Waals surface area contributed by atoms with E-state index >= 15 is 0 Å². The molecule has 0 fully saturated rings. The normalized spacial score (nSPS) is 11.5. The maximum absolute atomic E-state index is 12.8. The quantitative estimate of drug-likeness (QED) is 0.469. The minimum Gasteiger partial charge on any atom is -0.455 e. The van der Waals surface area contributed by atoms with Crippen LogP contribution >= 0.6 is 0 Å². The molecule has 0 aliphatic heterocycles. The number of carbonyl (C=O) groups excluding carboxylic acids is 2. The van der Waals surface area contributed by atoms with Gasteiger partial charge in [0.05, 0.1) is 11.8 Å². The molecular formula is C21H16F3N3O3. The van der Waals surface area contributed by atoms with Gasteiger partial charge in [-0.3, -0.25) is 9.59 Å². The summed E-state index contributed by atoms with van der Waals surface area (Å²) >= 11 is 0. The fraction of sp³-hybridized carbons (Fsp3) is 0.0952. The molecule has 1 aromatic heterocycles. The van der Waals surface area contributed by atoms with E-state index in [9.17, 15) is 22.8 Å². The summed E-state index contributed by atoms with van der Waals surface area (Å²) in [5.41, 5.74) is 2.70. The largest absolute Gasteiger partial charge is 0.455 e. The molecule has 2 amide bonds. The molecule has 0 aliphatic rings. The van der Waals surface area contributed by atoms with Crippen LogP contribution in [0, 0.1) is 0 Å². The monoisotopic (exact) mass is 415 g/mol. The number of nitrogens with one attached hydrogen (secondary N) is 2. The van der Waals surface area contributed by atoms with E-state index in [0.717, 1.165) is 12.1 Å². The van der Waals surface area contributed by atoms with Crippen molar-refractivity contribution in [1.82, 2.24) is 5.43 Å². The first kappa shape index (κ1) is 20.8. The van der Waals surface area contributed by atoms with Crippen molar-refractivity contribution in [3.05, 3.63) is 77.6 Å². The van der Waals surface area contributed by atoms with Crippen molar-refractivity contribution in [1.29, 1.82) is 0 Å². The molecule has 0 unspecified atom stereocenters.